The van der Waals surface area contributed by atoms with E-state index in [1.807, 2.05) is 51.1 Å². The smallest absolute Gasteiger partial charge is 0.337 e. The highest BCUT2D eigenvalue weighted by atomic mass is 19.1. The third-order valence-corrected chi connectivity index (χ3v) is 7.17. The molecule has 0 amide bonds. The van der Waals surface area contributed by atoms with Crippen molar-refractivity contribution in [2.24, 2.45) is 0 Å². The molecular formula is C29H32FNO4. The van der Waals surface area contributed by atoms with Crippen LogP contribution in [-0.2, 0) is 9.53 Å². The first kappa shape index (κ1) is 23.6. The van der Waals surface area contributed by atoms with Crippen LogP contribution in [-0.4, -0.2) is 36.9 Å². The predicted octanol–water partition coefficient (Wildman–Crippen LogP) is 6.60. The van der Waals surface area contributed by atoms with Crippen LogP contribution in [0.3, 0.4) is 0 Å². The van der Waals surface area contributed by atoms with Crippen LogP contribution in [0.4, 0.5) is 10.1 Å². The third kappa shape index (κ3) is 3.94. The van der Waals surface area contributed by atoms with Crippen molar-refractivity contribution in [3.63, 3.8) is 0 Å². The SMILES string of the molecule is Cc1c([C@H](OC(C)(C)C)C(=O)O)c(-c2ccc3c4c2N(C)CCC4CCO3)c2ccccc2c1F. The molecule has 0 spiro atoms. The van der Waals surface area contributed by atoms with Gasteiger partial charge in [0, 0.05) is 35.7 Å². The van der Waals surface area contributed by atoms with Gasteiger partial charge in [0.05, 0.1) is 17.9 Å². The summed E-state index contributed by atoms with van der Waals surface area (Å²) in [6, 6.07) is 11.3. The number of carbonyl (C=O) groups is 1. The number of fused-ring (bicyclic) bond motifs is 1. The van der Waals surface area contributed by atoms with Crippen molar-refractivity contribution < 1.29 is 23.8 Å². The zero-order valence-electron chi connectivity index (χ0n) is 20.9. The number of benzene rings is 3. The van der Waals surface area contributed by atoms with Gasteiger partial charge in [-0.2, -0.15) is 0 Å². The molecule has 0 aromatic heterocycles. The highest BCUT2D eigenvalue weighted by Gasteiger charge is 2.37. The van der Waals surface area contributed by atoms with Crippen molar-refractivity contribution >= 4 is 22.4 Å². The normalized spacial score (nSPS) is 18.2. The lowest BCUT2D eigenvalue weighted by Crippen LogP contribution is -2.31. The third-order valence-electron chi connectivity index (χ3n) is 7.17. The highest BCUT2D eigenvalue weighted by Crippen LogP contribution is 2.52. The number of carboxylic acid groups (broad SMARTS) is 1. The maximum Gasteiger partial charge on any atom is 0.337 e. The summed E-state index contributed by atoms with van der Waals surface area (Å²) in [7, 11) is 2.06. The van der Waals surface area contributed by atoms with E-state index >= 15 is 4.39 Å². The van der Waals surface area contributed by atoms with E-state index in [-0.39, 0.29) is 0 Å². The van der Waals surface area contributed by atoms with Gasteiger partial charge < -0.3 is 19.5 Å². The molecule has 184 valence electrons. The van der Waals surface area contributed by atoms with Crippen LogP contribution in [0.5, 0.6) is 5.75 Å². The molecule has 6 heteroatoms. The Bertz CT molecular complexity index is 1330. The molecule has 0 aliphatic carbocycles. The summed E-state index contributed by atoms with van der Waals surface area (Å²) in [5, 5.41) is 11.4. The molecule has 35 heavy (non-hydrogen) atoms. The Hall–Kier alpha value is -3.12. The van der Waals surface area contributed by atoms with E-state index < -0.39 is 23.5 Å². The molecule has 3 aromatic carbocycles. The zero-order valence-corrected chi connectivity index (χ0v) is 20.9. The molecular weight excluding hydrogens is 445 g/mol. The van der Waals surface area contributed by atoms with Gasteiger partial charge in [0.2, 0.25) is 0 Å². The summed E-state index contributed by atoms with van der Waals surface area (Å²) in [4.78, 5) is 14.8. The van der Waals surface area contributed by atoms with Gasteiger partial charge in [0.1, 0.15) is 11.6 Å². The Labute approximate surface area is 205 Å². The first-order valence-corrected chi connectivity index (χ1v) is 12.2. The summed E-state index contributed by atoms with van der Waals surface area (Å²) in [5.74, 6) is -0.274. The summed E-state index contributed by atoms with van der Waals surface area (Å²) in [5.41, 5.74) is 3.73. The number of anilines is 1. The van der Waals surface area contributed by atoms with E-state index in [1.165, 1.54) is 5.56 Å². The van der Waals surface area contributed by atoms with Crippen LogP contribution in [0.25, 0.3) is 21.9 Å². The Morgan fingerprint density at radius 3 is 2.57 bits per heavy atom. The molecule has 2 aliphatic heterocycles. The van der Waals surface area contributed by atoms with Gasteiger partial charge in [-0.05, 0) is 75.1 Å². The number of nitrogens with zero attached hydrogens (tertiary/aromatic N) is 1. The fourth-order valence-corrected chi connectivity index (χ4v) is 5.68. The Balaban J connectivity index is 1.91. The van der Waals surface area contributed by atoms with Crippen LogP contribution >= 0.6 is 0 Å². The molecule has 2 aliphatic rings. The molecule has 5 rings (SSSR count). The van der Waals surface area contributed by atoms with Crippen molar-refractivity contribution in [1.82, 2.24) is 0 Å². The van der Waals surface area contributed by atoms with Crippen LogP contribution in [0.1, 0.15) is 62.3 Å². The van der Waals surface area contributed by atoms with Gasteiger partial charge >= 0.3 is 5.97 Å². The molecule has 5 nitrogen and oxygen atoms in total. The average Bonchev–Trinajstić information content (AvgIpc) is 2.81. The number of hydrogen-bond donors (Lipinski definition) is 1. The van der Waals surface area contributed by atoms with Crippen LogP contribution in [0.2, 0.25) is 0 Å². The fraction of sp³-hybridized carbons (Fsp3) is 0.414. The van der Waals surface area contributed by atoms with E-state index in [0.717, 1.165) is 36.4 Å². The van der Waals surface area contributed by atoms with Gasteiger partial charge in [-0.25, -0.2) is 9.18 Å². The van der Waals surface area contributed by atoms with Crippen LogP contribution < -0.4 is 9.64 Å². The minimum absolute atomic E-state index is 0.298. The van der Waals surface area contributed by atoms with E-state index in [1.54, 1.807) is 13.0 Å². The van der Waals surface area contributed by atoms with Gasteiger partial charge in [0.25, 0.3) is 0 Å². The van der Waals surface area contributed by atoms with Crippen molar-refractivity contribution in [3.8, 4) is 16.9 Å². The molecule has 3 aromatic rings. The van der Waals surface area contributed by atoms with E-state index in [0.29, 0.717) is 40.0 Å². The van der Waals surface area contributed by atoms with Gasteiger partial charge in [-0.1, -0.05) is 24.3 Å². The Morgan fingerprint density at radius 1 is 1.17 bits per heavy atom. The van der Waals surface area contributed by atoms with Crippen molar-refractivity contribution in [2.75, 3.05) is 25.1 Å². The van der Waals surface area contributed by atoms with E-state index in [4.69, 9.17) is 9.47 Å². The molecule has 0 bridgehead atoms. The topological polar surface area (TPSA) is 59.0 Å². The molecule has 0 saturated carbocycles. The Kier molecular flexibility index (Phi) is 5.75. The first-order chi connectivity index (χ1) is 16.6. The van der Waals surface area contributed by atoms with Crippen LogP contribution in [0, 0.1) is 12.7 Å². The second kappa shape index (κ2) is 8.52. The largest absolute Gasteiger partial charge is 0.493 e. The lowest BCUT2D eigenvalue weighted by Gasteiger charge is -2.39. The van der Waals surface area contributed by atoms with Crippen molar-refractivity contribution in [2.45, 2.75) is 58.2 Å². The number of hydrogen-bond acceptors (Lipinski definition) is 4. The van der Waals surface area contributed by atoms with E-state index in [9.17, 15) is 9.90 Å². The van der Waals surface area contributed by atoms with E-state index in [2.05, 4.69) is 11.9 Å². The Morgan fingerprint density at radius 2 is 1.89 bits per heavy atom. The molecule has 0 radical (unpaired) electrons. The second-order valence-corrected chi connectivity index (χ2v) is 10.6. The maximum atomic E-state index is 15.7. The minimum Gasteiger partial charge on any atom is -0.493 e. The minimum atomic E-state index is -1.33. The second-order valence-electron chi connectivity index (χ2n) is 10.6. The molecule has 0 fully saturated rings. The molecule has 1 unspecified atom stereocenters. The number of carboxylic acids is 1. The summed E-state index contributed by atoms with van der Waals surface area (Å²) < 4.78 is 27.8. The average molecular weight is 478 g/mol. The first-order valence-electron chi connectivity index (χ1n) is 12.2. The van der Waals surface area contributed by atoms with Gasteiger partial charge in [-0.15, -0.1) is 0 Å². The molecule has 1 N–H and O–H groups in total. The number of aliphatic carboxylic acids is 1. The number of rotatable bonds is 4. The molecule has 2 atom stereocenters. The summed E-state index contributed by atoms with van der Waals surface area (Å²) >= 11 is 0. The quantitative estimate of drug-likeness (QED) is 0.459. The van der Waals surface area contributed by atoms with Gasteiger partial charge in [-0.3, -0.25) is 0 Å². The highest BCUT2D eigenvalue weighted by molar-refractivity contribution is 6.04. The molecule has 0 saturated heterocycles. The lowest BCUT2D eigenvalue weighted by atomic mass is 9.80. The number of ether oxygens (including phenoxy) is 2. The predicted molar refractivity (Wildman–Crippen MR) is 136 cm³/mol. The summed E-state index contributed by atoms with van der Waals surface area (Å²) in [6.07, 6.45) is 0.677. The van der Waals surface area contributed by atoms with Gasteiger partial charge in [0.15, 0.2) is 6.10 Å². The zero-order chi connectivity index (χ0) is 25.1. The standard InChI is InChI=1S/C29H32FNO4/c1-16-22(27(28(32)33)35-29(2,3)4)24(18-8-6-7-9-19(18)25(16)30)20-10-11-21-23-17(13-15-34-21)12-14-31(5)26(20)23/h6-11,17,27H,12-15H2,1-5H3,(H,32,33)/t17?,27-/m0/s1. The fourth-order valence-electron chi connectivity index (χ4n) is 5.68. The maximum absolute atomic E-state index is 15.7. The lowest BCUT2D eigenvalue weighted by molar-refractivity contribution is -0.160. The van der Waals surface area contributed by atoms with Crippen molar-refractivity contribution in [1.29, 1.82) is 0 Å². The monoisotopic (exact) mass is 477 g/mol. The molecule has 2 heterocycles. The van der Waals surface area contributed by atoms with Crippen LogP contribution in [0.15, 0.2) is 36.4 Å². The summed E-state index contributed by atoms with van der Waals surface area (Å²) in [6.45, 7) is 8.68. The van der Waals surface area contributed by atoms with Crippen molar-refractivity contribution in [3.05, 3.63) is 58.9 Å². The number of halogens is 1.